The molecular weight excluding hydrogens is 212 g/mol. The summed E-state index contributed by atoms with van der Waals surface area (Å²) < 4.78 is 0. The minimum atomic E-state index is -0.486. The molecule has 0 amide bonds. The molecule has 0 aromatic rings. The molecule has 0 heterocycles. The molecule has 2 nitrogen and oxygen atoms in total. The second-order valence-electron chi connectivity index (χ2n) is 5.89. The molecule has 15 heavy (non-hydrogen) atoms. The van der Waals surface area contributed by atoms with Gasteiger partial charge in [0, 0.05) is 24.3 Å². The number of alkyl halides is 1. The second-order valence-corrected chi connectivity index (χ2v) is 6.16. The van der Waals surface area contributed by atoms with Crippen LogP contribution in [0.15, 0.2) is 0 Å². The lowest BCUT2D eigenvalue weighted by Crippen LogP contribution is -2.33. The summed E-state index contributed by atoms with van der Waals surface area (Å²) in [6.07, 6.45) is 0.402. The van der Waals surface area contributed by atoms with Gasteiger partial charge in [0.2, 0.25) is 0 Å². The maximum atomic E-state index is 11.9. The molecule has 0 radical (unpaired) electrons. The second kappa shape index (κ2) is 5.31. The van der Waals surface area contributed by atoms with Gasteiger partial charge in [0.15, 0.2) is 0 Å². The first kappa shape index (κ1) is 14.9. The molecule has 90 valence electrons. The van der Waals surface area contributed by atoms with Crippen molar-refractivity contribution in [2.24, 2.45) is 16.7 Å². The molecule has 0 aliphatic carbocycles. The smallest absolute Gasteiger partial charge is 0.140 e. The Labute approximate surface area is 98.0 Å². The molecule has 0 fully saturated rings. The molecule has 0 bridgehead atoms. The minimum absolute atomic E-state index is 0.00694. The summed E-state index contributed by atoms with van der Waals surface area (Å²) in [6.45, 7) is 9.85. The average molecular weight is 235 g/mol. The summed E-state index contributed by atoms with van der Waals surface area (Å²) in [7, 11) is 0. The van der Waals surface area contributed by atoms with Gasteiger partial charge in [-0.1, -0.05) is 34.6 Å². The van der Waals surface area contributed by atoms with Crippen molar-refractivity contribution in [1.29, 1.82) is 0 Å². The molecule has 0 aromatic carbocycles. The number of rotatable bonds is 5. The highest BCUT2D eigenvalue weighted by molar-refractivity contribution is 6.19. The standard InChI is InChI=1S/C12H23ClO2/c1-11(2,3)9(7-14)6-10(15)12(4,5)8-13/h9,14H,6-8H2,1-5H3/t9-/m1/s1. The molecular formula is C12H23ClO2. The third-order valence-electron chi connectivity index (χ3n) is 2.97. The fourth-order valence-electron chi connectivity index (χ4n) is 1.22. The molecule has 0 aromatic heterocycles. The fourth-order valence-corrected chi connectivity index (χ4v) is 1.37. The predicted molar refractivity (Wildman–Crippen MR) is 64.2 cm³/mol. The van der Waals surface area contributed by atoms with Gasteiger partial charge in [0.05, 0.1) is 0 Å². The van der Waals surface area contributed by atoms with Crippen LogP contribution in [-0.4, -0.2) is 23.4 Å². The summed E-state index contributed by atoms with van der Waals surface area (Å²) in [4.78, 5) is 11.9. The fraction of sp³-hybridized carbons (Fsp3) is 0.917. The van der Waals surface area contributed by atoms with E-state index in [4.69, 9.17) is 11.6 Å². The number of hydrogen-bond acceptors (Lipinski definition) is 2. The number of ketones is 1. The van der Waals surface area contributed by atoms with Crippen LogP contribution in [0.25, 0.3) is 0 Å². The summed E-state index contributed by atoms with van der Waals surface area (Å²) in [5.41, 5.74) is -0.535. The normalized spacial score (nSPS) is 15.1. The highest BCUT2D eigenvalue weighted by Gasteiger charge is 2.32. The van der Waals surface area contributed by atoms with E-state index in [2.05, 4.69) is 0 Å². The Morgan fingerprint density at radius 2 is 1.73 bits per heavy atom. The number of aliphatic hydroxyl groups is 1. The van der Waals surface area contributed by atoms with E-state index in [0.29, 0.717) is 12.3 Å². The molecule has 1 atom stereocenters. The maximum Gasteiger partial charge on any atom is 0.140 e. The monoisotopic (exact) mass is 234 g/mol. The van der Waals surface area contributed by atoms with Gasteiger partial charge in [-0.2, -0.15) is 0 Å². The van der Waals surface area contributed by atoms with Gasteiger partial charge in [-0.05, 0) is 11.3 Å². The van der Waals surface area contributed by atoms with Gasteiger partial charge >= 0.3 is 0 Å². The zero-order valence-electron chi connectivity index (χ0n) is 10.4. The lowest BCUT2D eigenvalue weighted by molar-refractivity contribution is -0.128. The number of hydrogen-bond donors (Lipinski definition) is 1. The Morgan fingerprint density at radius 3 is 2.00 bits per heavy atom. The Hall–Kier alpha value is -0.0800. The number of carbonyl (C=O) groups excluding carboxylic acids is 1. The van der Waals surface area contributed by atoms with Gasteiger partial charge in [-0.3, -0.25) is 4.79 Å². The topological polar surface area (TPSA) is 37.3 Å². The average Bonchev–Trinajstić information content (AvgIpc) is 2.11. The van der Waals surface area contributed by atoms with Crippen LogP contribution >= 0.6 is 11.6 Å². The van der Waals surface area contributed by atoms with Crippen molar-refractivity contribution >= 4 is 17.4 Å². The van der Waals surface area contributed by atoms with E-state index in [9.17, 15) is 9.90 Å². The van der Waals surface area contributed by atoms with Crippen LogP contribution in [0.5, 0.6) is 0 Å². The zero-order chi connectivity index (χ0) is 12.3. The molecule has 0 saturated heterocycles. The lowest BCUT2D eigenvalue weighted by atomic mass is 9.75. The summed E-state index contributed by atoms with van der Waals surface area (Å²) >= 11 is 5.75. The van der Waals surface area contributed by atoms with Gasteiger partial charge in [0.25, 0.3) is 0 Å². The van der Waals surface area contributed by atoms with Crippen LogP contribution in [0, 0.1) is 16.7 Å². The van der Waals surface area contributed by atoms with Gasteiger partial charge < -0.3 is 5.11 Å². The largest absolute Gasteiger partial charge is 0.396 e. The first-order valence-corrected chi connectivity index (χ1v) is 5.88. The van der Waals surface area contributed by atoms with Crippen LogP contribution in [0.2, 0.25) is 0 Å². The van der Waals surface area contributed by atoms with Crippen molar-refractivity contribution < 1.29 is 9.90 Å². The van der Waals surface area contributed by atoms with Crippen molar-refractivity contribution in [3.8, 4) is 0 Å². The molecule has 0 saturated carbocycles. The predicted octanol–water partition coefficient (Wildman–Crippen LogP) is 2.87. The summed E-state index contributed by atoms with van der Waals surface area (Å²) in [6, 6.07) is 0. The number of aliphatic hydroxyl groups excluding tert-OH is 1. The van der Waals surface area contributed by atoms with Gasteiger partial charge in [-0.25, -0.2) is 0 Å². The minimum Gasteiger partial charge on any atom is -0.396 e. The van der Waals surface area contributed by atoms with Gasteiger partial charge in [-0.15, -0.1) is 11.6 Å². The third kappa shape index (κ3) is 4.52. The molecule has 0 spiro atoms. The number of carbonyl (C=O) groups is 1. The molecule has 0 rings (SSSR count). The van der Waals surface area contributed by atoms with Gasteiger partial charge in [0.1, 0.15) is 5.78 Å². The van der Waals surface area contributed by atoms with Crippen molar-refractivity contribution in [1.82, 2.24) is 0 Å². The molecule has 0 aliphatic heterocycles. The first-order chi connectivity index (χ1) is 6.65. The zero-order valence-corrected chi connectivity index (χ0v) is 11.2. The van der Waals surface area contributed by atoms with Crippen LogP contribution in [-0.2, 0) is 4.79 Å². The van der Waals surface area contributed by atoms with E-state index >= 15 is 0 Å². The summed E-state index contributed by atoms with van der Waals surface area (Å²) in [5, 5.41) is 9.26. The molecule has 3 heteroatoms. The van der Waals surface area contributed by atoms with E-state index in [1.54, 1.807) is 0 Å². The van der Waals surface area contributed by atoms with Crippen molar-refractivity contribution in [3.05, 3.63) is 0 Å². The van der Waals surface area contributed by atoms with E-state index in [1.165, 1.54) is 0 Å². The Morgan fingerprint density at radius 1 is 1.27 bits per heavy atom. The lowest BCUT2D eigenvalue weighted by Gasteiger charge is -2.31. The molecule has 1 N–H and O–H groups in total. The summed E-state index contributed by atoms with van der Waals surface area (Å²) in [5.74, 6) is 0.465. The van der Waals surface area contributed by atoms with E-state index in [1.807, 2.05) is 34.6 Å². The first-order valence-electron chi connectivity index (χ1n) is 5.35. The van der Waals surface area contributed by atoms with Crippen LogP contribution in [0.3, 0.4) is 0 Å². The van der Waals surface area contributed by atoms with Crippen molar-refractivity contribution in [2.75, 3.05) is 12.5 Å². The molecule has 0 aliphatic rings. The van der Waals surface area contributed by atoms with Crippen LogP contribution in [0.4, 0.5) is 0 Å². The van der Waals surface area contributed by atoms with Crippen LogP contribution < -0.4 is 0 Å². The van der Waals surface area contributed by atoms with E-state index in [-0.39, 0.29) is 23.7 Å². The maximum absolute atomic E-state index is 11.9. The molecule has 0 unspecified atom stereocenters. The van der Waals surface area contributed by atoms with Crippen molar-refractivity contribution in [3.63, 3.8) is 0 Å². The van der Waals surface area contributed by atoms with Crippen LogP contribution in [0.1, 0.15) is 41.0 Å². The Kier molecular flexibility index (Phi) is 5.28. The Balaban J connectivity index is 4.52. The SMILES string of the molecule is CC(C)(CCl)C(=O)C[C@H](CO)C(C)(C)C. The number of halogens is 1. The highest BCUT2D eigenvalue weighted by atomic mass is 35.5. The van der Waals surface area contributed by atoms with E-state index < -0.39 is 5.41 Å². The van der Waals surface area contributed by atoms with E-state index in [0.717, 1.165) is 0 Å². The Bertz CT molecular complexity index is 216. The quantitative estimate of drug-likeness (QED) is 0.743. The highest BCUT2D eigenvalue weighted by Crippen LogP contribution is 2.32. The number of Topliss-reactive ketones (excluding diaryl/α,β-unsaturated/α-hetero) is 1. The van der Waals surface area contributed by atoms with Crippen molar-refractivity contribution in [2.45, 2.75) is 41.0 Å². The third-order valence-corrected chi connectivity index (χ3v) is 3.63.